The lowest BCUT2D eigenvalue weighted by Gasteiger charge is -2.34. The van der Waals surface area contributed by atoms with Crippen molar-refractivity contribution in [3.05, 3.63) is 59.7 Å². The molecule has 2 heterocycles. The standard InChI is InChI=1S/C23H24N2O6S2/c1-14-12-25(13-15(2)31-14)33(28,29)17-10-8-16(9-11-17)21(26)24-22-20(23(27)30-3)18-6-4-5-7-19(18)32-22/h4-11,14-15H,12-13H2,1-3H3,(H,24,26). The maximum atomic E-state index is 13.0. The van der Waals surface area contributed by atoms with Crippen LogP contribution in [0.3, 0.4) is 0 Å². The minimum Gasteiger partial charge on any atom is -0.465 e. The third kappa shape index (κ3) is 4.65. The topological polar surface area (TPSA) is 102 Å². The van der Waals surface area contributed by atoms with Crippen LogP contribution in [0.1, 0.15) is 34.6 Å². The van der Waals surface area contributed by atoms with Gasteiger partial charge in [-0.15, -0.1) is 11.3 Å². The molecular formula is C23H24N2O6S2. The molecular weight excluding hydrogens is 464 g/mol. The fourth-order valence-electron chi connectivity index (χ4n) is 3.87. The molecule has 1 aliphatic rings. The number of nitrogens with one attached hydrogen (secondary N) is 1. The molecule has 1 aromatic heterocycles. The van der Waals surface area contributed by atoms with Gasteiger partial charge in [-0.05, 0) is 44.2 Å². The Morgan fingerprint density at radius 3 is 2.33 bits per heavy atom. The highest BCUT2D eigenvalue weighted by atomic mass is 32.2. The molecule has 0 aliphatic carbocycles. The van der Waals surface area contributed by atoms with Crippen LogP contribution in [-0.4, -0.2) is 57.0 Å². The van der Waals surface area contributed by atoms with E-state index in [-0.39, 0.29) is 35.8 Å². The van der Waals surface area contributed by atoms with Crippen molar-refractivity contribution in [2.24, 2.45) is 0 Å². The molecule has 1 aliphatic heterocycles. The Bertz CT molecular complexity index is 1290. The van der Waals surface area contributed by atoms with Crippen LogP contribution in [-0.2, 0) is 19.5 Å². The van der Waals surface area contributed by atoms with Gasteiger partial charge >= 0.3 is 5.97 Å². The number of anilines is 1. The average molecular weight is 489 g/mol. The van der Waals surface area contributed by atoms with Gasteiger partial charge in [-0.1, -0.05) is 18.2 Å². The predicted octanol–water partition coefficient (Wildman–Crippen LogP) is 3.74. The van der Waals surface area contributed by atoms with Gasteiger partial charge < -0.3 is 14.8 Å². The Labute approximate surface area is 196 Å². The first-order valence-electron chi connectivity index (χ1n) is 10.4. The number of amides is 1. The molecule has 0 bridgehead atoms. The fourth-order valence-corrected chi connectivity index (χ4v) is 6.54. The Hall–Kier alpha value is -2.79. The lowest BCUT2D eigenvalue weighted by molar-refractivity contribution is -0.0440. The van der Waals surface area contributed by atoms with Gasteiger partial charge in [0.2, 0.25) is 10.0 Å². The van der Waals surface area contributed by atoms with E-state index in [2.05, 4.69) is 5.32 Å². The number of nitrogens with zero attached hydrogens (tertiary/aromatic N) is 1. The van der Waals surface area contributed by atoms with Crippen molar-refractivity contribution in [3.8, 4) is 0 Å². The van der Waals surface area contributed by atoms with E-state index in [4.69, 9.17) is 9.47 Å². The molecule has 1 N–H and O–H groups in total. The van der Waals surface area contributed by atoms with Gasteiger partial charge in [-0.2, -0.15) is 4.31 Å². The summed E-state index contributed by atoms with van der Waals surface area (Å²) in [6.45, 7) is 4.22. The van der Waals surface area contributed by atoms with Crippen LogP contribution in [0.2, 0.25) is 0 Å². The summed E-state index contributed by atoms with van der Waals surface area (Å²) >= 11 is 1.27. The number of thiophene rings is 1. The molecule has 0 spiro atoms. The molecule has 1 fully saturated rings. The van der Waals surface area contributed by atoms with E-state index < -0.39 is 21.9 Å². The molecule has 0 saturated carbocycles. The number of methoxy groups -OCH3 is 1. The van der Waals surface area contributed by atoms with Gasteiger partial charge in [0, 0.05) is 28.7 Å². The molecule has 174 valence electrons. The summed E-state index contributed by atoms with van der Waals surface area (Å²) in [6.07, 6.45) is -0.391. The van der Waals surface area contributed by atoms with Crippen LogP contribution in [0.25, 0.3) is 10.1 Å². The zero-order valence-electron chi connectivity index (χ0n) is 18.4. The Morgan fingerprint density at radius 1 is 1.06 bits per heavy atom. The van der Waals surface area contributed by atoms with Crippen LogP contribution >= 0.6 is 11.3 Å². The number of benzene rings is 2. The molecule has 1 amide bonds. The van der Waals surface area contributed by atoms with E-state index in [1.165, 1.54) is 47.0 Å². The van der Waals surface area contributed by atoms with Crippen molar-refractivity contribution in [2.75, 3.05) is 25.5 Å². The van der Waals surface area contributed by atoms with Crippen molar-refractivity contribution in [2.45, 2.75) is 31.0 Å². The number of morpholine rings is 1. The smallest absolute Gasteiger partial charge is 0.341 e. The third-order valence-corrected chi connectivity index (χ3v) is 8.28. The van der Waals surface area contributed by atoms with E-state index in [1.807, 2.05) is 32.0 Å². The molecule has 1 saturated heterocycles. The van der Waals surface area contributed by atoms with Crippen molar-refractivity contribution in [1.82, 2.24) is 4.31 Å². The Morgan fingerprint density at radius 2 is 1.70 bits per heavy atom. The second-order valence-corrected chi connectivity index (χ2v) is 10.8. The number of sulfonamides is 1. The zero-order valence-corrected chi connectivity index (χ0v) is 20.0. The summed E-state index contributed by atoms with van der Waals surface area (Å²) in [4.78, 5) is 25.3. The van der Waals surface area contributed by atoms with Gasteiger partial charge in [0.15, 0.2) is 0 Å². The predicted molar refractivity (Wildman–Crippen MR) is 126 cm³/mol. The molecule has 2 atom stereocenters. The van der Waals surface area contributed by atoms with Crippen LogP contribution < -0.4 is 5.32 Å². The highest BCUT2D eigenvalue weighted by molar-refractivity contribution is 7.89. The number of carbonyl (C=O) groups excluding carboxylic acids is 2. The van der Waals surface area contributed by atoms with E-state index in [0.717, 1.165) is 4.70 Å². The molecule has 2 aromatic carbocycles. The number of fused-ring (bicyclic) bond motifs is 1. The molecule has 3 aromatic rings. The average Bonchev–Trinajstić information content (AvgIpc) is 3.15. The number of rotatable bonds is 5. The first-order valence-corrected chi connectivity index (χ1v) is 12.6. The second kappa shape index (κ2) is 9.22. The number of esters is 1. The molecule has 0 radical (unpaired) electrons. The molecule has 10 heteroatoms. The summed E-state index contributed by atoms with van der Waals surface area (Å²) in [7, 11) is -2.42. The quantitative estimate of drug-likeness (QED) is 0.549. The lowest BCUT2D eigenvalue weighted by atomic mass is 10.1. The fraction of sp³-hybridized carbons (Fsp3) is 0.304. The number of ether oxygens (including phenoxy) is 2. The Kier molecular flexibility index (Phi) is 6.53. The lowest BCUT2D eigenvalue weighted by Crippen LogP contribution is -2.48. The van der Waals surface area contributed by atoms with Gasteiger partial charge in [-0.3, -0.25) is 4.79 Å². The number of hydrogen-bond donors (Lipinski definition) is 1. The van der Waals surface area contributed by atoms with Crippen molar-refractivity contribution in [1.29, 1.82) is 0 Å². The maximum Gasteiger partial charge on any atom is 0.341 e. The summed E-state index contributed by atoms with van der Waals surface area (Å²) in [5.41, 5.74) is 0.562. The number of carbonyl (C=O) groups is 2. The van der Waals surface area contributed by atoms with Crippen molar-refractivity contribution in [3.63, 3.8) is 0 Å². The first kappa shape index (κ1) is 23.4. The highest BCUT2D eigenvalue weighted by Gasteiger charge is 2.32. The second-order valence-electron chi connectivity index (χ2n) is 7.85. The summed E-state index contributed by atoms with van der Waals surface area (Å²) < 4.78 is 38.8. The van der Waals surface area contributed by atoms with E-state index >= 15 is 0 Å². The molecule has 33 heavy (non-hydrogen) atoms. The van der Waals surface area contributed by atoms with E-state index in [1.54, 1.807) is 6.07 Å². The van der Waals surface area contributed by atoms with Gasteiger partial charge in [0.05, 0.1) is 24.2 Å². The maximum absolute atomic E-state index is 13.0. The highest BCUT2D eigenvalue weighted by Crippen LogP contribution is 2.36. The van der Waals surface area contributed by atoms with Crippen LogP contribution in [0.4, 0.5) is 5.00 Å². The van der Waals surface area contributed by atoms with Gasteiger partial charge in [-0.25, -0.2) is 13.2 Å². The van der Waals surface area contributed by atoms with E-state index in [0.29, 0.717) is 16.0 Å². The van der Waals surface area contributed by atoms with Crippen LogP contribution in [0.15, 0.2) is 53.4 Å². The van der Waals surface area contributed by atoms with Crippen LogP contribution in [0, 0.1) is 0 Å². The molecule has 8 nitrogen and oxygen atoms in total. The third-order valence-electron chi connectivity index (χ3n) is 5.35. The zero-order chi connectivity index (χ0) is 23.8. The monoisotopic (exact) mass is 488 g/mol. The summed E-state index contributed by atoms with van der Waals surface area (Å²) in [6, 6.07) is 13.1. The molecule has 4 rings (SSSR count). The van der Waals surface area contributed by atoms with E-state index in [9.17, 15) is 18.0 Å². The van der Waals surface area contributed by atoms with Crippen LogP contribution in [0.5, 0.6) is 0 Å². The number of hydrogen-bond acceptors (Lipinski definition) is 7. The van der Waals surface area contributed by atoms with Crippen molar-refractivity contribution >= 4 is 48.3 Å². The first-order chi connectivity index (χ1) is 15.7. The SMILES string of the molecule is COC(=O)c1c(NC(=O)c2ccc(S(=O)(=O)N3CC(C)OC(C)C3)cc2)sc2ccccc12. The largest absolute Gasteiger partial charge is 0.465 e. The minimum absolute atomic E-state index is 0.109. The summed E-state index contributed by atoms with van der Waals surface area (Å²) in [5, 5.41) is 3.84. The normalized spacial score (nSPS) is 19.4. The summed E-state index contributed by atoms with van der Waals surface area (Å²) in [5.74, 6) is -0.998. The minimum atomic E-state index is -3.71. The molecule has 2 unspecified atom stereocenters. The van der Waals surface area contributed by atoms with Crippen molar-refractivity contribution < 1.29 is 27.5 Å². The van der Waals surface area contributed by atoms with Gasteiger partial charge in [0.1, 0.15) is 10.6 Å². The Balaban J connectivity index is 1.57. The van der Waals surface area contributed by atoms with Gasteiger partial charge in [0.25, 0.3) is 5.91 Å².